The Morgan fingerprint density at radius 2 is 1.90 bits per heavy atom. The van der Waals surface area contributed by atoms with Crippen molar-refractivity contribution in [1.82, 2.24) is 9.80 Å². The van der Waals surface area contributed by atoms with Gasteiger partial charge in [0.2, 0.25) is 0 Å². The zero-order valence-corrected chi connectivity index (χ0v) is 12.7. The summed E-state index contributed by atoms with van der Waals surface area (Å²) in [6, 6.07) is -0.982. The van der Waals surface area contributed by atoms with Crippen molar-refractivity contribution in [2.24, 2.45) is 0 Å². The van der Waals surface area contributed by atoms with Gasteiger partial charge in [-0.3, -0.25) is 0 Å². The number of hydrogen-bond acceptors (Lipinski definition) is 4. The van der Waals surface area contributed by atoms with Gasteiger partial charge in [-0.2, -0.15) is 0 Å². The molecule has 7 nitrogen and oxygen atoms in total. The first-order valence-electron chi connectivity index (χ1n) is 7.49. The van der Waals surface area contributed by atoms with Gasteiger partial charge in [0.25, 0.3) is 0 Å². The van der Waals surface area contributed by atoms with Gasteiger partial charge < -0.3 is 24.4 Å². The molecule has 2 amide bonds. The molecule has 2 fully saturated rings. The lowest BCUT2D eigenvalue weighted by atomic mass is 10.1. The highest BCUT2D eigenvalue weighted by Crippen LogP contribution is 2.23. The molecule has 2 aliphatic rings. The zero-order valence-electron chi connectivity index (χ0n) is 12.7. The molecule has 0 aromatic carbocycles. The van der Waals surface area contributed by atoms with E-state index in [1.807, 2.05) is 6.92 Å². The Labute approximate surface area is 124 Å². The number of carboxylic acids is 1. The van der Waals surface area contributed by atoms with Crippen LogP contribution in [0.25, 0.3) is 0 Å². The van der Waals surface area contributed by atoms with Crippen LogP contribution in [0.2, 0.25) is 0 Å². The number of aliphatic carboxylic acids is 1. The highest BCUT2D eigenvalue weighted by molar-refractivity contribution is 5.83. The molecule has 0 radical (unpaired) electrons. The molecule has 120 valence electrons. The van der Waals surface area contributed by atoms with E-state index >= 15 is 0 Å². The number of urea groups is 1. The predicted molar refractivity (Wildman–Crippen MR) is 75.2 cm³/mol. The van der Waals surface area contributed by atoms with E-state index in [1.54, 1.807) is 12.0 Å². The van der Waals surface area contributed by atoms with Gasteiger partial charge in [0.1, 0.15) is 6.04 Å². The Kier molecular flexibility index (Phi) is 5.41. The van der Waals surface area contributed by atoms with Gasteiger partial charge in [-0.1, -0.05) is 0 Å². The molecule has 0 aromatic rings. The van der Waals surface area contributed by atoms with Crippen LogP contribution in [0.1, 0.15) is 26.2 Å². The van der Waals surface area contributed by atoms with E-state index in [0.29, 0.717) is 32.7 Å². The van der Waals surface area contributed by atoms with Gasteiger partial charge >= 0.3 is 12.0 Å². The summed E-state index contributed by atoms with van der Waals surface area (Å²) in [5.74, 6) is -0.966. The Hall–Kier alpha value is -1.34. The van der Waals surface area contributed by atoms with E-state index in [-0.39, 0.29) is 18.2 Å². The fourth-order valence-electron chi connectivity index (χ4n) is 3.04. The maximum Gasteiger partial charge on any atom is 0.326 e. The van der Waals surface area contributed by atoms with E-state index in [1.165, 1.54) is 4.90 Å². The molecule has 1 N–H and O–H groups in total. The van der Waals surface area contributed by atoms with E-state index < -0.39 is 12.0 Å². The zero-order chi connectivity index (χ0) is 15.4. The quantitative estimate of drug-likeness (QED) is 0.830. The molecule has 0 aliphatic carbocycles. The third-order valence-electron chi connectivity index (χ3n) is 4.24. The summed E-state index contributed by atoms with van der Waals surface area (Å²) in [4.78, 5) is 27.0. The average molecular weight is 300 g/mol. The SMILES string of the molecule is CCOC1CCN(C(=O)N2CC(OC)CC2C(=O)O)CC1. The maximum absolute atomic E-state index is 12.5. The van der Waals surface area contributed by atoms with Crippen molar-refractivity contribution in [3.63, 3.8) is 0 Å². The van der Waals surface area contributed by atoms with Crippen LogP contribution in [0, 0.1) is 0 Å². The summed E-state index contributed by atoms with van der Waals surface area (Å²) in [7, 11) is 1.55. The lowest BCUT2D eigenvalue weighted by Crippen LogP contribution is -2.51. The number of methoxy groups -OCH3 is 1. The molecule has 0 spiro atoms. The fraction of sp³-hybridized carbons (Fsp3) is 0.857. The molecule has 0 saturated carbocycles. The number of hydrogen-bond donors (Lipinski definition) is 1. The number of amides is 2. The number of nitrogens with zero attached hydrogens (tertiary/aromatic N) is 2. The van der Waals surface area contributed by atoms with Gasteiger partial charge in [-0.05, 0) is 19.8 Å². The van der Waals surface area contributed by atoms with E-state index in [0.717, 1.165) is 12.8 Å². The highest BCUT2D eigenvalue weighted by Gasteiger charge is 2.41. The second kappa shape index (κ2) is 7.09. The summed E-state index contributed by atoms with van der Waals surface area (Å²) in [6.45, 7) is 4.22. The first kappa shape index (κ1) is 16.0. The normalized spacial score (nSPS) is 27.1. The number of likely N-dealkylation sites (tertiary alicyclic amines) is 2. The van der Waals surface area contributed by atoms with Crippen LogP contribution in [0.15, 0.2) is 0 Å². The van der Waals surface area contributed by atoms with Gasteiger partial charge in [0, 0.05) is 39.8 Å². The van der Waals surface area contributed by atoms with Gasteiger partial charge in [-0.15, -0.1) is 0 Å². The van der Waals surface area contributed by atoms with Crippen molar-refractivity contribution in [1.29, 1.82) is 0 Å². The molecule has 2 atom stereocenters. The predicted octanol–water partition coefficient (Wildman–Crippen LogP) is 0.781. The molecule has 2 heterocycles. The molecular formula is C14H24N2O5. The first-order chi connectivity index (χ1) is 10.1. The van der Waals surface area contributed by atoms with Gasteiger partial charge in [0.15, 0.2) is 0 Å². The molecular weight excluding hydrogens is 276 g/mol. The molecule has 2 aliphatic heterocycles. The minimum Gasteiger partial charge on any atom is -0.480 e. The minimum atomic E-state index is -0.966. The summed E-state index contributed by atoms with van der Waals surface area (Å²) in [6.07, 6.45) is 1.97. The molecule has 0 aromatic heterocycles. The molecule has 0 bridgehead atoms. The topological polar surface area (TPSA) is 79.3 Å². The van der Waals surface area contributed by atoms with Gasteiger partial charge in [-0.25, -0.2) is 9.59 Å². The van der Waals surface area contributed by atoms with Crippen molar-refractivity contribution in [2.75, 3.05) is 33.4 Å². The summed E-state index contributed by atoms with van der Waals surface area (Å²) >= 11 is 0. The van der Waals surface area contributed by atoms with Crippen molar-refractivity contribution in [3.8, 4) is 0 Å². The largest absolute Gasteiger partial charge is 0.480 e. The highest BCUT2D eigenvalue weighted by atomic mass is 16.5. The first-order valence-corrected chi connectivity index (χ1v) is 7.49. The lowest BCUT2D eigenvalue weighted by Gasteiger charge is -2.35. The van der Waals surface area contributed by atoms with Crippen LogP contribution in [-0.4, -0.2) is 78.5 Å². The summed E-state index contributed by atoms with van der Waals surface area (Å²) in [5, 5.41) is 9.27. The lowest BCUT2D eigenvalue weighted by molar-refractivity contribution is -0.141. The monoisotopic (exact) mass is 300 g/mol. The Morgan fingerprint density at radius 1 is 1.24 bits per heavy atom. The van der Waals surface area contributed by atoms with Crippen LogP contribution in [-0.2, 0) is 14.3 Å². The van der Waals surface area contributed by atoms with Gasteiger partial charge in [0.05, 0.1) is 12.2 Å². The van der Waals surface area contributed by atoms with E-state index in [4.69, 9.17) is 9.47 Å². The van der Waals surface area contributed by atoms with Crippen LogP contribution in [0.4, 0.5) is 4.79 Å². The Bertz CT molecular complexity index is 382. The third kappa shape index (κ3) is 3.65. The number of ether oxygens (including phenoxy) is 2. The Balaban J connectivity index is 1.94. The van der Waals surface area contributed by atoms with E-state index in [2.05, 4.69) is 0 Å². The summed E-state index contributed by atoms with van der Waals surface area (Å²) in [5.41, 5.74) is 0. The summed E-state index contributed by atoms with van der Waals surface area (Å²) < 4.78 is 10.8. The third-order valence-corrected chi connectivity index (χ3v) is 4.24. The smallest absolute Gasteiger partial charge is 0.326 e. The second-order valence-electron chi connectivity index (χ2n) is 5.52. The Morgan fingerprint density at radius 3 is 2.43 bits per heavy atom. The maximum atomic E-state index is 12.5. The van der Waals surface area contributed by atoms with Crippen LogP contribution < -0.4 is 0 Å². The standard InChI is InChI=1S/C14H24N2O5/c1-3-21-10-4-6-15(7-5-10)14(19)16-9-11(20-2)8-12(16)13(17)18/h10-12H,3-9H2,1-2H3,(H,17,18). The van der Waals surface area contributed by atoms with Crippen molar-refractivity contribution < 1.29 is 24.2 Å². The van der Waals surface area contributed by atoms with Crippen molar-refractivity contribution in [3.05, 3.63) is 0 Å². The fourth-order valence-corrected chi connectivity index (χ4v) is 3.04. The van der Waals surface area contributed by atoms with Crippen LogP contribution in [0.5, 0.6) is 0 Å². The molecule has 2 unspecified atom stereocenters. The number of carbonyl (C=O) groups excluding carboxylic acids is 1. The molecule has 2 rings (SSSR count). The number of rotatable bonds is 4. The molecule has 2 saturated heterocycles. The molecule has 21 heavy (non-hydrogen) atoms. The van der Waals surface area contributed by atoms with Crippen molar-refractivity contribution >= 4 is 12.0 Å². The molecule has 7 heteroatoms. The number of piperidine rings is 1. The average Bonchev–Trinajstić information content (AvgIpc) is 2.92. The van der Waals surface area contributed by atoms with E-state index in [9.17, 15) is 14.7 Å². The van der Waals surface area contributed by atoms with Crippen molar-refractivity contribution in [2.45, 2.75) is 44.4 Å². The second-order valence-corrected chi connectivity index (χ2v) is 5.52. The van der Waals surface area contributed by atoms with Crippen LogP contribution >= 0.6 is 0 Å². The minimum absolute atomic E-state index is 0.197. The van der Waals surface area contributed by atoms with Crippen LogP contribution in [0.3, 0.4) is 0 Å². The number of carbonyl (C=O) groups is 2. The number of carboxylic acid groups (broad SMARTS) is 1.